The van der Waals surface area contributed by atoms with Crippen molar-refractivity contribution in [3.63, 3.8) is 0 Å². The van der Waals surface area contributed by atoms with Crippen LogP contribution < -0.4 is 16.2 Å². The number of carbonyl (C=O) groups is 3. The molecule has 0 unspecified atom stereocenters. The monoisotopic (exact) mass is 367 g/mol. The minimum Gasteiger partial charge on any atom is -0.326 e. The van der Waals surface area contributed by atoms with Gasteiger partial charge in [0.25, 0.3) is 11.8 Å². The fraction of sp³-hybridized carbons (Fsp3) is 0.286. The van der Waals surface area contributed by atoms with Gasteiger partial charge in [-0.05, 0) is 54.3 Å². The van der Waals surface area contributed by atoms with E-state index in [1.165, 1.54) is 0 Å². The highest BCUT2D eigenvalue weighted by Gasteiger charge is 2.10. The van der Waals surface area contributed by atoms with Crippen LogP contribution in [0, 0.1) is 0 Å². The van der Waals surface area contributed by atoms with E-state index in [-0.39, 0.29) is 11.8 Å². The van der Waals surface area contributed by atoms with Gasteiger partial charge in [-0.1, -0.05) is 32.9 Å². The third kappa shape index (κ3) is 5.95. The van der Waals surface area contributed by atoms with Crippen molar-refractivity contribution in [2.45, 2.75) is 39.5 Å². The van der Waals surface area contributed by atoms with Gasteiger partial charge < -0.3 is 5.32 Å². The topological polar surface area (TPSA) is 87.3 Å². The third-order valence-electron chi connectivity index (χ3n) is 4.04. The Balaban J connectivity index is 1.89. The first-order valence-corrected chi connectivity index (χ1v) is 9.01. The number of amides is 3. The average molecular weight is 367 g/mol. The van der Waals surface area contributed by atoms with E-state index < -0.39 is 5.91 Å². The maximum Gasteiger partial charge on any atom is 0.269 e. The molecule has 0 aliphatic rings. The summed E-state index contributed by atoms with van der Waals surface area (Å²) in [7, 11) is 0. The first kappa shape index (κ1) is 20.2. The molecule has 2 rings (SSSR count). The molecular weight excluding hydrogens is 342 g/mol. The SMILES string of the molecule is CCCC(=O)Nc1ccc(C(=O)NNC(=O)c2ccc(C(C)C)cc2)cc1. The predicted octanol–water partition coefficient (Wildman–Crippen LogP) is 3.62. The van der Waals surface area contributed by atoms with Gasteiger partial charge in [0.05, 0.1) is 0 Å². The Morgan fingerprint density at radius 2 is 1.30 bits per heavy atom. The standard InChI is InChI=1S/C21H25N3O3/c1-4-5-19(25)22-18-12-10-17(11-13-18)21(27)24-23-20(26)16-8-6-15(7-9-16)14(2)3/h6-14H,4-5H2,1-3H3,(H,22,25)(H,23,26)(H,24,27). The second kappa shape index (κ2) is 9.52. The Kier molecular flexibility index (Phi) is 7.11. The Morgan fingerprint density at radius 1 is 0.815 bits per heavy atom. The van der Waals surface area contributed by atoms with Crippen molar-refractivity contribution < 1.29 is 14.4 Å². The summed E-state index contributed by atoms with van der Waals surface area (Å²) in [6.07, 6.45) is 1.22. The van der Waals surface area contributed by atoms with Crippen molar-refractivity contribution in [3.8, 4) is 0 Å². The fourth-order valence-corrected chi connectivity index (χ4v) is 2.43. The molecule has 6 nitrogen and oxygen atoms in total. The number of anilines is 1. The van der Waals surface area contributed by atoms with Gasteiger partial charge >= 0.3 is 0 Å². The lowest BCUT2D eigenvalue weighted by Gasteiger charge is -2.10. The fourth-order valence-electron chi connectivity index (χ4n) is 2.43. The van der Waals surface area contributed by atoms with Crippen molar-refractivity contribution in [3.05, 3.63) is 65.2 Å². The van der Waals surface area contributed by atoms with Crippen LogP contribution >= 0.6 is 0 Å². The molecule has 0 fully saturated rings. The molecule has 0 saturated carbocycles. The van der Waals surface area contributed by atoms with Gasteiger partial charge in [-0.15, -0.1) is 0 Å². The normalized spacial score (nSPS) is 10.4. The Labute approximate surface area is 159 Å². The number of hydrazine groups is 1. The zero-order valence-electron chi connectivity index (χ0n) is 15.8. The second-order valence-corrected chi connectivity index (χ2v) is 6.56. The van der Waals surface area contributed by atoms with Gasteiger partial charge in [-0.3, -0.25) is 25.2 Å². The molecule has 6 heteroatoms. The molecule has 0 saturated heterocycles. The van der Waals surface area contributed by atoms with Crippen LogP contribution in [0.2, 0.25) is 0 Å². The van der Waals surface area contributed by atoms with E-state index in [9.17, 15) is 14.4 Å². The van der Waals surface area contributed by atoms with Crippen LogP contribution in [-0.2, 0) is 4.79 Å². The van der Waals surface area contributed by atoms with E-state index in [0.29, 0.717) is 29.2 Å². The Bertz CT molecular complexity index is 796. The highest BCUT2D eigenvalue weighted by atomic mass is 16.2. The first-order chi connectivity index (χ1) is 12.9. The summed E-state index contributed by atoms with van der Waals surface area (Å²) in [6.45, 7) is 6.09. The largest absolute Gasteiger partial charge is 0.326 e. The highest BCUT2D eigenvalue weighted by molar-refractivity contribution is 5.99. The quantitative estimate of drug-likeness (QED) is 0.682. The van der Waals surface area contributed by atoms with Crippen molar-refractivity contribution in [2.24, 2.45) is 0 Å². The van der Waals surface area contributed by atoms with Gasteiger partial charge in [-0.2, -0.15) is 0 Å². The molecule has 0 bridgehead atoms. The minimum atomic E-state index is -0.436. The predicted molar refractivity (Wildman–Crippen MR) is 105 cm³/mol. The van der Waals surface area contributed by atoms with Crippen LogP contribution in [0.5, 0.6) is 0 Å². The lowest BCUT2D eigenvalue weighted by atomic mass is 10.0. The van der Waals surface area contributed by atoms with E-state index in [1.807, 2.05) is 19.1 Å². The molecule has 0 aliphatic carbocycles. The lowest BCUT2D eigenvalue weighted by Crippen LogP contribution is -2.41. The molecule has 0 radical (unpaired) electrons. The summed E-state index contributed by atoms with van der Waals surface area (Å²) in [4.78, 5) is 35.8. The van der Waals surface area contributed by atoms with Crippen LogP contribution in [-0.4, -0.2) is 17.7 Å². The molecule has 0 heterocycles. The molecule has 0 atom stereocenters. The molecule has 27 heavy (non-hydrogen) atoms. The molecule has 0 aliphatic heterocycles. The van der Waals surface area contributed by atoms with Crippen LogP contribution in [0.15, 0.2) is 48.5 Å². The molecule has 142 valence electrons. The summed E-state index contributed by atoms with van der Waals surface area (Å²) in [5.74, 6) is -0.502. The van der Waals surface area contributed by atoms with Gasteiger partial charge in [0.1, 0.15) is 0 Å². The van der Waals surface area contributed by atoms with E-state index >= 15 is 0 Å². The van der Waals surface area contributed by atoms with Crippen LogP contribution in [0.3, 0.4) is 0 Å². The summed E-state index contributed by atoms with van der Waals surface area (Å²) in [5.41, 5.74) is 7.40. The van der Waals surface area contributed by atoms with Crippen molar-refractivity contribution in [1.29, 1.82) is 0 Å². The van der Waals surface area contributed by atoms with Crippen molar-refractivity contribution in [1.82, 2.24) is 10.9 Å². The van der Waals surface area contributed by atoms with Crippen LogP contribution in [0.25, 0.3) is 0 Å². The van der Waals surface area contributed by atoms with E-state index in [2.05, 4.69) is 30.0 Å². The number of rotatable bonds is 6. The zero-order valence-corrected chi connectivity index (χ0v) is 15.8. The first-order valence-electron chi connectivity index (χ1n) is 9.01. The van der Waals surface area contributed by atoms with Crippen molar-refractivity contribution >= 4 is 23.4 Å². The Hall–Kier alpha value is -3.15. The van der Waals surface area contributed by atoms with Gasteiger partial charge in [0.15, 0.2) is 0 Å². The molecule has 3 N–H and O–H groups in total. The summed E-state index contributed by atoms with van der Waals surface area (Å²) in [6, 6.07) is 13.7. The van der Waals surface area contributed by atoms with Crippen LogP contribution in [0.1, 0.15) is 65.8 Å². The second-order valence-electron chi connectivity index (χ2n) is 6.56. The molecular formula is C21H25N3O3. The Morgan fingerprint density at radius 3 is 1.74 bits per heavy atom. The maximum atomic E-state index is 12.1. The van der Waals surface area contributed by atoms with E-state index in [1.54, 1.807) is 36.4 Å². The zero-order chi connectivity index (χ0) is 19.8. The number of hydrogen-bond acceptors (Lipinski definition) is 3. The molecule has 0 spiro atoms. The van der Waals surface area contributed by atoms with Gasteiger partial charge in [0, 0.05) is 23.2 Å². The number of benzene rings is 2. The summed E-state index contributed by atoms with van der Waals surface area (Å²) in [5, 5.41) is 2.75. The summed E-state index contributed by atoms with van der Waals surface area (Å²) >= 11 is 0. The van der Waals surface area contributed by atoms with Crippen LogP contribution in [0.4, 0.5) is 5.69 Å². The van der Waals surface area contributed by atoms with E-state index in [4.69, 9.17) is 0 Å². The molecule has 2 aromatic rings. The van der Waals surface area contributed by atoms with Gasteiger partial charge in [0.2, 0.25) is 5.91 Å². The third-order valence-corrected chi connectivity index (χ3v) is 4.04. The summed E-state index contributed by atoms with van der Waals surface area (Å²) < 4.78 is 0. The molecule has 2 aromatic carbocycles. The number of carbonyl (C=O) groups excluding carboxylic acids is 3. The molecule has 0 aromatic heterocycles. The van der Waals surface area contributed by atoms with Gasteiger partial charge in [-0.25, -0.2) is 0 Å². The molecule has 3 amide bonds. The maximum absolute atomic E-state index is 12.1. The smallest absolute Gasteiger partial charge is 0.269 e. The number of hydrogen-bond donors (Lipinski definition) is 3. The minimum absolute atomic E-state index is 0.0644. The lowest BCUT2D eigenvalue weighted by molar-refractivity contribution is -0.116. The van der Waals surface area contributed by atoms with Crippen molar-refractivity contribution in [2.75, 3.05) is 5.32 Å². The number of nitrogens with one attached hydrogen (secondary N) is 3. The average Bonchev–Trinajstić information content (AvgIpc) is 2.66. The van der Waals surface area contributed by atoms with E-state index in [0.717, 1.165) is 12.0 Å². The highest BCUT2D eigenvalue weighted by Crippen LogP contribution is 2.14.